The van der Waals surface area contributed by atoms with Crippen molar-refractivity contribution in [1.82, 2.24) is 15.2 Å². The number of urea groups is 1. The van der Waals surface area contributed by atoms with Crippen molar-refractivity contribution in [3.8, 4) is 0 Å². The molecule has 0 unspecified atom stereocenters. The van der Waals surface area contributed by atoms with Crippen molar-refractivity contribution in [3.05, 3.63) is 36.0 Å². The molecule has 1 aliphatic heterocycles. The maximum absolute atomic E-state index is 12.4. The summed E-state index contributed by atoms with van der Waals surface area (Å²) in [4.78, 5) is 17.7. The largest absolute Gasteiger partial charge is 0.378 e. The van der Waals surface area contributed by atoms with Crippen LogP contribution in [0.4, 0.5) is 4.79 Å². The number of fused-ring (bicyclic) bond motifs is 1. The standard InChI is InChI=1S/C22H31N3O2/c26-22(23-12-9-18-15-24-21-8-4-3-7-20(18)21)25-13-10-19(11-14-25)27-16-17-5-1-2-6-17/h3-4,7-8,15,17,19,24H,1-2,5-6,9-14,16H2,(H,23,26). The maximum atomic E-state index is 12.4. The van der Waals surface area contributed by atoms with E-state index in [1.807, 2.05) is 17.2 Å². The number of amides is 2. The number of nitrogens with zero attached hydrogens (tertiary/aromatic N) is 1. The van der Waals surface area contributed by atoms with Gasteiger partial charge in [-0.05, 0) is 49.7 Å². The molecule has 1 aromatic heterocycles. The minimum atomic E-state index is 0.0593. The van der Waals surface area contributed by atoms with Gasteiger partial charge in [0, 0.05) is 43.3 Å². The first-order valence-corrected chi connectivity index (χ1v) is 10.5. The molecule has 1 aromatic carbocycles. The van der Waals surface area contributed by atoms with Gasteiger partial charge >= 0.3 is 6.03 Å². The van der Waals surface area contributed by atoms with E-state index in [-0.39, 0.29) is 6.03 Å². The molecule has 2 N–H and O–H groups in total. The number of piperidine rings is 1. The van der Waals surface area contributed by atoms with E-state index in [0.29, 0.717) is 12.6 Å². The molecule has 2 fully saturated rings. The van der Waals surface area contributed by atoms with Crippen LogP contribution in [0.15, 0.2) is 30.5 Å². The lowest BCUT2D eigenvalue weighted by Gasteiger charge is -2.32. The number of carbonyl (C=O) groups excluding carboxylic acids is 1. The maximum Gasteiger partial charge on any atom is 0.317 e. The first-order chi connectivity index (χ1) is 13.3. The van der Waals surface area contributed by atoms with Crippen molar-refractivity contribution in [1.29, 1.82) is 0 Å². The molecule has 1 saturated heterocycles. The van der Waals surface area contributed by atoms with Crippen LogP contribution in [0.5, 0.6) is 0 Å². The van der Waals surface area contributed by atoms with E-state index in [1.165, 1.54) is 36.6 Å². The lowest BCUT2D eigenvalue weighted by atomic mass is 10.1. The van der Waals surface area contributed by atoms with Crippen LogP contribution < -0.4 is 5.32 Å². The highest BCUT2D eigenvalue weighted by Gasteiger charge is 2.24. The van der Waals surface area contributed by atoms with Gasteiger partial charge in [0.1, 0.15) is 0 Å². The normalized spacial score (nSPS) is 19.0. The fraction of sp³-hybridized carbons (Fsp3) is 0.591. The highest BCUT2D eigenvalue weighted by molar-refractivity contribution is 5.83. The number of hydrogen-bond acceptors (Lipinski definition) is 2. The first-order valence-electron chi connectivity index (χ1n) is 10.5. The van der Waals surface area contributed by atoms with Gasteiger partial charge in [-0.25, -0.2) is 4.79 Å². The zero-order valence-corrected chi connectivity index (χ0v) is 16.1. The third kappa shape index (κ3) is 4.64. The average molecular weight is 370 g/mol. The van der Waals surface area contributed by atoms with Crippen LogP contribution >= 0.6 is 0 Å². The molecule has 146 valence electrons. The molecule has 2 amide bonds. The number of para-hydroxylation sites is 1. The number of hydrogen-bond donors (Lipinski definition) is 2. The second-order valence-electron chi connectivity index (χ2n) is 8.01. The van der Waals surface area contributed by atoms with Gasteiger partial charge in [-0.3, -0.25) is 0 Å². The van der Waals surface area contributed by atoms with E-state index >= 15 is 0 Å². The molecule has 2 heterocycles. The molecule has 2 aromatic rings. The zero-order chi connectivity index (χ0) is 18.5. The van der Waals surface area contributed by atoms with E-state index in [1.54, 1.807) is 0 Å². The van der Waals surface area contributed by atoms with Gasteiger partial charge in [0.2, 0.25) is 0 Å². The summed E-state index contributed by atoms with van der Waals surface area (Å²) < 4.78 is 6.10. The van der Waals surface area contributed by atoms with E-state index in [9.17, 15) is 4.79 Å². The predicted octanol–water partition coefficient (Wildman–Crippen LogP) is 4.09. The van der Waals surface area contributed by atoms with Crippen molar-refractivity contribution in [2.24, 2.45) is 5.92 Å². The minimum Gasteiger partial charge on any atom is -0.378 e. The van der Waals surface area contributed by atoms with Crippen LogP contribution in [-0.4, -0.2) is 48.3 Å². The Morgan fingerprint density at radius 1 is 1.15 bits per heavy atom. The summed E-state index contributed by atoms with van der Waals surface area (Å²) in [6.07, 6.45) is 10.5. The van der Waals surface area contributed by atoms with Gasteiger partial charge in [0.05, 0.1) is 6.10 Å². The number of aromatic nitrogens is 1. The number of H-pyrrole nitrogens is 1. The van der Waals surface area contributed by atoms with Crippen LogP contribution in [0, 0.1) is 5.92 Å². The predicted molar refractivity (Wildman–Crippen MR) is 108 cm³/mol. The SMILES string of the molecule is O=C(NCCc1c[nH]c2ccccc12)N1CCC(OCC2CCCC2)CC1. The summed E-state index contributed by atoms with van der Waals surface area (Å²) in [5, 5.41) is 4.32. The Balaban J connectivity index is 1.16. The third-order valence-corrected chi connectivity index (χ3v) is 6.12. The lowest BCUT2D eigenvalue weighted by Crippen LogP contribution is -2.46. The summed E-state index contributed by atoms with van der Waals surface area (Å²) in [6.45, 7) is 3.18. The summed E-state index contributed by atoms with van der Waals surface area (Å²) in [5.41, 5.74) is 2.41. The second kappa shape index (κ2) is 8.79. The topological polar surface area (TPSA) is 57.4 Å². The van der Waals surface area contributed by atoms with Crippen molar-refractivity contribution in [2.75, 3.05) is 26.2 Å². The fourth-order valence-electron chi connectivity index (χ4n) is 4.43. The zero-order valence-electron chi connectivity index (χ0n) is 16.1. The van der Waals surface area contributed by atoms with E-state index < -0.39 is 0 Å². The molecule has 1 aliphatic carbocycles. The van der Waals surface area contributed by atoms with Crippen LogP contribution in [0.2, 0.25) is 0 Å². The van der Waals surface area contributed by atoms with Crippen LogP contribution in [-0.2, 0) is 11.2 Å². The number of aromatic amines is 1. The Morgan fingerprint density at radius 2 is 1.93 bits per heavy atom. The van der Waals surface area contributed by atoms with Gasteiger partial charge in [-0.2, -0.15) is 0 Å². The number of nitrogens with one attached hydrogen (secondary N) is 2. The fourth-order valence-corrected chi connectivity index (χ4v) is 4.43. The van der Waals surface area contributed by atoms with Gasteiger partial charge < -0.3 is 19.9 Å². The molecule has 2 aliphatic rings. The third-order valence-electron chi connectivity index (χ3n) is 6.12. The molecule has 0 spiro atoms. The van der Waals surface area contributed by atoms with Gasteiger partial charge in [-0.1, -0.05) is 31.0 Å². The smallest absolute Gasteiger partial charge is 0.317 e. The number of carbonyl (C=O) groups is 1. The monoisotopic (exact) mass is 369 g/mol. The highest BCUT2D eigenvalue weighted by atomic mass is 16.5. The molecule has 5 heteroatoms. The summed E-state index contributed by atoms with van der Waals surface area (Å²) in [7, 11) is 0. The Labute approximate surface area is 161 Å². The Bertz CT molecular complexity index is 743. The summed E-state index contributed by atoms with van der Waals surface area (Å²) >= 11 is 0. The molecule has 27 heavy (non-hydrogen) atoms. The number of rotatable bonds is 6. The number of likely N-dealkylation sites (tertiary alicyclic amines) is 1. The van der Waals surface area contributed by atoms with Crippen molar-refractivity contribution in [3.63, 3.8) is 0 Å². The quantitative estimate of drug-likeness (QED) is 0.806. The Kier molecular flexibility index (Phi) is 5.97. The van der Waals surface area contributed by atoms with Crippen LogP contribution in [0.3, 0.4) is 0 Å². The van der Waals surface area contributed by atoms with Gasteiger partial charge in [0.15, 0.2) is 0 Å². The number of ether oxygens (including phenoxy) is 1. The van der Waals surface area contributed by atoms with Gasteiger partial charge in [0.25, 0.3) is 0 Å². The summed E-state index contributed by atoms with van der Waals surface area (Å²) in [5.74, 6) is 0.774. The Morgan fingerprint density at radius 3 is 2.74 bits per heavy atom. The Hall–Kier alpha value is -2.01. The van der Waals surface area contributed by atoms with Crippen LogP contribution in [0.25, 0.3) is 10.9 Å². The number of benzene rings is 1. The molecule has 4 rings (SSSR count). The van der Waals surface area contributed by atoms with E-state index in [4.69, 9.17) is 4.74 Å². The minimum absolute atomic E-state index is 0.0593. The lowest BCUT2D eigenvalue weighted by molar-refractivity contribution is -0.00195. The molecular weight excluding hydrogens is 338 g/mol. The van der Waals surface area contributed by atoms with E-state index in [2.05, 4.69) is 28.5 Å². The molecule has 0 bridgehead atoms. The van der Waals surface area contributed by atoms with Crippen molar-refractivity contribution >= 4 is 16.9 Å². The highest BCUT2D eigenvalue weighted by Crippen LogP contribution is 2.26. The first kappa shape index (κ1) is 18.4. The second-order valence-corrected chi connectivity index (χ2v) is 8.01. The molecule has 5 nitrogen and oxygen atoms in total. The molecule has 0 atom stereocenters. The molecule has 1 saturated carbocycles. The molecular formula is C22H31N3O2. The molecule has 0 radical (unpaired) electrons. The van der Waals surface area contributed by atoms with Crippen LogP contribution in [0.1, 0.15) is 44.1 Å². The van der Waals surface area contributed by atoms with Crippen molar-refractivity contribution in [2.45, 2.75) is 51.0 Å². The van der Waals surface area contributed by atoms with Gasteiger partial charge in [-0.15, -0.1) is 0 Å². The average Bonchev–Trinajstić information content (AvgIpc) is 3.37. The van der Waals surface area contributed by atoms with Crippen molar-refractivity contribution < 1.29 is 9.53 Å². The summed E-state index contributed by atoms with van der Waals surface area (Å²) in [6, 6.07) is 8.35. The van der Waals surface area contributed by atoms with E-state index in [0.717, 1.165) is 50.4 Å².